The predicted molar refractivity (Wildman–Crippen MR) is 107 cm³/mol. The van der Waals surface area contributed by atoms with Crippen molar-refractivity contribution in [3.05, 3.63) is 47.5 Å². The lowest BCUT2D eigenvalue weighted by atomic mass is 10.1. The van der Waals surface area contributed by atoms with Crippen molar-refractivity contribution in [2.45, 2.75) is 6.18 Å². The van der Waals surface area contributed by atoms with Crippen LogP contribution in [0, 0.1) is 0 Å². The van der Waals surface area contributed by atoms with Crippen LogP contribution < -0.4 is 19.5 Å². The lowest BCUT2D eigenvalue weighted by Crippen LogP contribution is -2.22. The van der Waals surface area contributed by atoms with Crippen molar-refractivity contribution in [2.75, 3.05) is 46.5 Å². The van der Waals surface area contributed by atoms with E-state index in [0.29, 0.717) is 11.5 Å². The van der Waals surface area contributed by atoms with E-state index in [-0.39, 0.29) is 30.2 Å². The Morgan fingerprint density at radius 2 is 1.59 bits per heavy atom. The van der Waals surface area contributed by atoms with Gasteiger partial charge in [0.05, 0.1) is 37.6 Å². The molecule has 0 bridgehead atoms. The lowest BCUT2D eigenvalue weighted by Gasteiger charge is -2.15. The molecule has 0 heterocycles. The van der Waals surface area contributed by atoms with Gasteiger partial charge in [-0.25, -0.2) is 4.79 Å². The Morgan fingerprint density at radius 3 is 2.16 bits per heavy atom. The largest absolute Gasteiger partial charge is 0.497 e. The molecular formula is C21H22F3NO7. The number of anilines is 1. The van der Waals surface area contributed by atoms with Gasteiger partial charge >= 0.3 is 12.1 Å². The molecule has 2 aromatic carbocycles. The summed E-state index contributed by atoms with van der Waals surface area (Å²) < 4.78 is 64.4. The van der Waals surface area contributed by atoms with Crippen molar-refractivity contribution >= 4 is 17.6 Å². The molecule has 0 fully saturated rings. The summed E-state index contributed by atoms with van der Waals surface area (Å²) in [6.07, 6.45) is -4.62. The number of halogens is 3. The Balaban J connectivity index is 2.10. The van der Waals surface area contributed by atoms with E-state index in [1.165, 1.54) is 33.5 Å². The zero-order valence-electron chi connectivity index (χ0n) is 17.6. The number of ether oxygens (including phenoxy) is 5. The van der Waals surface area contributed by atoms with Crippen molar-refractivity contribution in [3.63, 3.8) is 0 Å². The third-order valence-corrected chi connectivity index (χ3v) is 4.05. The summed E-state index contributed by atoms with van der Waals surface area (Å²) in [5.74, 6) is -1.03. The molecule has 0 spiro atoms. The van der Waals surface area contributed by atoms with Crippen LogP contribution in [0.4, 0.5) is 18.9 Å². The number of benzene rings is 2. The van der Waals surface area contributed by atoms with Crippen LogP contribution in [0.3, 0.4) is 0 Å². The first-order chi connectivity index (χ1) is 15.2. The van der Waals surface area contributed by atoms with Gasteiger partial charge in [0.1, 0.15) is 23.9 Å². The summed E-state index contributed by atoms with van der Waals surface area (Å²) in [4.78, 5) is 24.5. The topological polar surface area (TPSA) is 92.3 Å². The summed E-state index contributed by atoms with van der Waals surface area (Å²) in [6.45, 7) is -0.500. The fourth-order valence-electron chi connectivity index (χ4n) is 2.49. The summed E-state index contributed by atoms with van der Waals surface area (Å²) in [5, 5.41) is 2.27. The van der Waals surface area contributed by atoms with Crippen molar-refractivity contribution < 1.29 is 46.4 Å². The first-order valence-electron chi connectivity index (χ1n) is 9.21. The molecule has 0 aliphatic heterocycles. The monoisotopic (exact) mass is 457 g/mol. The van der Waals surface area contributed by atoms with Gasteiger partial charge in [-0.2, -0.15) is 13.2 Å². The number of hydrogen-bond donors (Lipinski definition) is 1. The molecule has 1 amide bonds. The Bertz CT molecular complexity index is 925. The van der Waals surface area contributed by atoms with Crippen LogP contribution in [-0.4, -0.2) is 53.0 Å². The minimum Gasteiger partial charge on any atom is -0.497 e. The van der Waals surface area contributed by atoms with Gasteiger partial charge in [-0.1, -0.05) is 0 Å². The number of carbonyl (C=O) groups excluding carboxylic acids is 2. The van der Waals surface area contributed by atoms with Gasteiger partial charge in [-0.05, 0) is 30.3 Å². The van der Waals surface area contributed by atoms with Gasteiger partial charge < -0.3 is 29.0 Å². The number of amides is 1. The Kier molecular flexibility index (Phi) is 8.71. The van der Waals surface area contributed by atoms with Crippen molar-refractivity contribution in [3.8, 4) is 17.2 Å². The highest BCUT2D eigenvalue weighted by atomic mass is 19.4. The quantitative estimate of drug-likeness (QED) is 0.431. The number of hydrogen-bond acceptors (Lipinski definition) is 7. The summed E-state index contributed by atoms with van der Waals surface area (Å²) in [7, 11) is 4.24. The average Bonchev–Trinajstić information content (AvgIpc) is 2.77. The summed E-state index contributed by atoms with van der Waals surface area (Å²) in [5.41, 5.74) is -1.14. The highest BCUT2D eigenvalue weighted by molar-refractivity contribution is 5.96. The second kappa shape index (κ2) is 11.2. The van der Waals surface area contributed by atoms with Crippen LogP contribution in [0.1, 0.15) is 15.9 Å². The molecule has 32 heavy (non-hydrogen) atoms. The zero-order chi connectivity index (χ0) is 23.7. The van der Waals surface area contributed by atoms with Crippen LogP contribution >= 0.6 is 0 Å². The molecule has 0 atom stereocenters. The maximum Gasteiger partial charge on any atom is 0.416 e. The minimum absolute atomic E-state index is 0.00672. The van der Waals surface area contributed by atoms with Crippen molar-refractivity contribution in [1.29, 1.82) is 0 Å². The molecule has 174 valence electrons. The predicted octanol–water partition coefficient (Wildman–Crippen LogP) is 3.54. The molecule has 2 rings (SSSR count). The van der Waals surface area contributed by atoms with E-state index in [4.69, 9.17) is 23.7 Å². The van der Waals surface area contributed by atoms with Gasteiger partial charge in [-0.3, -0.25) is 4.79 Å². The van der Waals surface area contributed by atoms with E-state index >= 15 is 0 Å². The van der Waals surface area contributed by atoms with Gasteiger partial charge in [-0.15, -0.1) is 0 Å². The highest BCUT2D eigenvalue weighted by Crippen LogP contribution is 2.35. The molecule has 0 radical (unpaired) electrons. The molecule has 0 aromatic heterocycles. The minimum atomic E-state index is -4.62. The summed E-state index contributed by atoms with van der Waals surface area (Å²) >= 11 is 0. The molecule has 0 saturated carbocycles. The van der Waals surface area contributed by atoms with Crippen LogP contribution in [-0.2, 0) is 20.4 Å². The van der Waals surface area contributed by atoms with E-state index in [1.807, 2.05) is 0 Å². The SMILES string of the molecule is COCCOc1ccc(C(F)(F)F)cc1NC(=O)COC(=O)c1cc(OC)cc(OC)c1. The van der Waals surface area contributed by atoms with Crippen molar-refractivity contribution in [2.24, 2.45) is 0 Å². The third kappa shape index (κ3) is 7.05. The Labute approximate surface area is 182 Å². The number of alkyl halides is 3. The molecule has 0 aliphatic carbocycles. The Hall–Kier alpha value is -3.47. The molecule has 0 unspecified atom stereocenters. The number of carbonyl (C=O) groups is 2. The maximum atomic E-state index is 13.0. The molecule has 11 heteroatoms. The molecule has 1 N–H and O–H groups in total. The van der Waals surface area contributed by atoms with Gasteiger partial charge in [0.15, 0.2) is 6.61 Å². The zero-order valence-corrected chi connectivity index (χ0v) is 17.6. The third-order valence-electron chi connectivity index (χ3n) is 4.05. The number of esters is 1. The number of methoxy groups -OCH3 is 3. The van der Waals surface area contributed by atoms with Gasteiger partial charge in [0.25, 0.3) is 5.91 Å². The first kappa shape index (κ1) is 24.8. The van der Waals surface area contributed by atoms with Gasteiger partial charge in [0.2, 0.25) is 0 Å². The number of nitrogens with one attached hydrogen (secondary N) is 1. The molecule has 0 saturated heterocycles. The second-order valence-electron chi connectivity index (χ2n) is 6.28. The van der Waals surface area contributed by atoms with E-state index in [1.54, 1.807) is 6.07 Å². The van der Waals surface area contributed by atoms with Crippen molar-refractivity contribution in [1.82, 2.24) is 0 Å². The standard InChI is InChI=1S/C21H22F3NO7/c1-28-6-7-31-18-5-4-14(21(22,23)24)10-17(18)25-19(26)12-32-20(27)13-8-15(29-2)11-16(9-13)30-3/h4-5,8-11H,6-7,12H2,1-3H3,(H,25,26). The second-order valence-corrected chi connectivity index (χ2v) is 6.28. The number of rotatable bonds is 10. The van der Waals surface area contributed by atoms with E-state index in [9.17, 15) is 22.8 Å². The smallest absolute Gasteiger partial charge is 0.416 e. The fraction of sp³-hybridized carbons (Fsp3) is 0.333. The molecule has 2 aromatic rings. The summed E-state index contributed by atoms with van der Waals surface area (Å²) in [6, 6.07) is 6.96. The van der Waals surface area contributed by atoms with E-state index < -0.39 is 30.2 Å². The Morgan fingerprint density at radius 1 is 0.938 bits per heavy atom. The molecule has 8 nitrogen and oxygen atoms in total. The molecule has 0 aliphatic rings. The lowest BCUT2D eigenvalue weighted by molar-refractivity contribution is -0.137. The first-order valence-corrected chi connectivity index (χ1v) is 9.21. The maximum absolute atomic E-state index is 13.0. The normalized spacial score (nSPS) is 10.9. The van der Waals surface area contributed by atoms with Crippen LogP contribution in [0.25, 0.3) is 0 Å². The fourth-order valence-corrected chi connectivity index (χ4v) is 2.49. The van der Waals surface area contributed by atoms with Crippen LogP contribution in [0.2, 0.25) is 0 Å². The van der Waals surface area contributed by atoms with E-state index in [2.05, 4.69) is 5.32 Å². The van der Waals surface area contributed by atoms with Gasteiger partial charge in [0, 0.05) is 13.2 Å². The van der Waals surface area contributed by atoms with E-state index in [0.717, 1.165) is 18.2 Å². The highest BCUT2D eigenvalue weighted by Gasteiger charge is 2.31. The van der Waals surface area contributed by atoms with Crippen LogP contribution in [0.15, 0.2) is 36.4 Å². The van der Waals surface area contributed by atoms with Crippen LogP contribution in [0.5, 0.6) is 17.2 Å². The average molecular weight is 457 g/mol. The molecular weight excluding hydrogens is 435 g/mol.